The van der Waals surface area contributed by atoms with Crippen LogP contribution in [0.5, 0.6) is 17.2 Å². The van der Waals surface area contributed by atoms with Gasteiger partial charge in [-0.1, -0.05) is 13.8 Å². The average Bonchev–Trinajstić information content (AvgIpc) is 3.25. The third kappa shape index (κ3) is 6.01. The Balaban J connectivity index is 1.93. The van der Waals surface area contributed by atoms with Crippen LogP contribution in [0.4, 0.5) is 0 Å². The lowest BCUT2D eigenvalue weighted by Crippen LogP contribution is -2.43. The van der Waals surface area contributed by atoms with Crippen LogP contribution in [0, 0.1) is 5.41 Å². The number of rotatable bonds is 8. The number of nitrogens with one attached hydrogen (secondary N) is 2. The van der Waals surface area contributed by atoms with E-state index in [0.29, 0.717) is 17.2 Å². The summed E-state index contributed by atoms with van der Waals surface area (Å²) in [7, 11) is 4.37. The summed E-state index contributed by atoms with van der Waals surface area (Å²) >= 11 is 0. The molecule has 1 aliphatic rings. The Morgan fingerprint density at radius 2 is 1.50 bits per heavy atom. The first-order valence-electron chi connectivity index (χ1n) is 9.87. The third-order valence-electron chi connectivity index (χ3n) is 4.97. The van der Waals surface area contributed by atoms with Gasteiger partial charge in [0.05, 0.1) is 21.3 Å². The summed E-state index contributed by atoms with van der Waals surface area (Å²) in [6.07, 6.45) is 2.43. The van der Waals surface area contributed by atoms with Gasteiger partial charge in [-0.15, -0.1) is 0 Å². The van der Waals surface area contributed by atoms with Crippen molar-refractivity contribution in [1.82, 2.24) is 15.8 Å². The maximum atomic E-state index is 12.5. The molecule has 1 aromatic rings. The lowest BCUT2D eigenvalue weighted by Gasteiger charge is -2.26. The molecule has 1 aromatic carbocycles. The smallest absolute Gasteiger partial charge is 0.269 e. The molecule has 0 saturated carbocycles. The van der Waals surface area contributed by atoms with Gasteiger partial charge >= 0.3 is 0 Å². The van der Waals surface area contributed by atoms with Crippen LogP contribution in [-0.4, -0.2) is 57.0 Å². The number of nitrogens with zero attached hydrogens (tertiary/aromatic N) is 1. The fourth-order valence-corrected chi connectivity index (χ4v) is 3.44. The Morgan fingerprint density at radius 3 is 2.00 bits per heavy atom. The molecular weight excluding hydrogens is 390 g/mol. The molecule has 9 heteroatoms. The van der Waals surface area contributed by atoms with Crippen LogP contribution in [0.3, 0.4) is 0 Å². The molecule has 0 radical (unpaired) electrons. The minimum absolute atomic E-state index is 0.0618. The van der Waals surface area contributed by atoms with Gasteiger partial charge in [-0.2, -0.15) is 0 Å². The van der Waals surface area contributed by atoms with Crippen LogP contribution in [-0.2, 0) is 9.59 Å². The lowest BCUT2D eigenvalue weighted by molar-refractivity contribution is -0.133. The Kier molecular flexibility index (Phi) is 7.91. The molecule has 166 valence electrons. The molecule has 2 rings (SSSR count). The Labute approximate surface area is 177 Å². The number of methoxy groups -OCH3 is 3. The number of benzene rings is 1. The highest BCUT2D eigenvalue weighted by Gasteiger charge is 2.29. The number of ether oxygens (including phenoxy) is 3. The van der Waals surface area contributed by atoms with Crippen molar-refractivity contribution in [2.75, 3.05) is 34.4 Å². The van der Waals surface area contributed by atoms with Gasteiger partial charge < -0.3 is 19.1 Å². The molecule has 0 aliphatic carbocycles. The fourth-order valence-electron chi connectivity index (χ4n) is 3.44. The molecule has 2 N–H and O–H groups in total. The summed E-state index contributed by atoms with van der Waals surface area (Å²) in [4.78, 5) is 39.0. The molecule has 1 aliphatic heterocycles. The van der Waals surface area contributed by atoms with Crippen LogP contribution >= 0.6 is 0 Å². The highest BCUT2D eigenvalue weighted by Crippen LogP contribution is 2.38. The van der Waals surface area contributed by atoms with E-state index >= 15 is 0 Å². The van der Waals surface area contributed by atoms with Crippen molar-refractivity contribution in [2.45, 2.75) is 39.5 Å². The molecule has 3 amide bonds. The first-order valence-corrected chi connectivity index (χ1v) is 9.87. The summed E-state index contributed by atoms with van der Waals surface area (Å²) in [5.74, 6) is 0.171. The van der Waals surface area contributed by atoms with Gasteiger partial charge in [0.15, 0.2) is 11.5 Å². The van der Waals surface area contributed by atoms with E-state index in [9.17, 15) is 14.4 Å². The molecule has 0 spiro atoms. The zero-order valence-corrected chi connectivity index (χ0v) is 18.3. The van der Waals surface area contributed by atoms with Crippen LogP contribution in [0.2, 0.25) is 0 Å². The molecule has 1 heterocycles. The lowest BCUT2D eigenvalue weighted by atomic mass is 9.85. The number of hydrogen-bond acceptors (Lipinski definition) is 6. The molecular formula is C21H31N3O6. The SMILES string of the molecule is COc1cc(C(=O)NNC(=O)CC(C)(C)CC(=O)N2CCCC2)cc(OC)c1OC. The summed E-state index contributed by atoms with van der Waals surface area (Å²) < 4.78 is 15.7. The van der Waals surface area contributed by atoms with Gasteiger partial charge in [-0.3, -0.25) is 25.2 Å². The number of hydrogen-bond donors (Lipinski definition) is 2. The summed E-state index contributed by atoms with van der Waals surface area (Å²) in [5, 5.41) is 0. The minimum atomic E-state index is -0.534. The van der Waals surface area contributed by atoms with E-state index in [-0.39, 0.29) is 30.2 Å². The largest absolute Gasteiger partial charge is 0.493 e. The second-order valence-electron chi connectivity index (χ2n) is 8.02. The van der Waals surface area contributed by atoms with Crippen molar-refractivity contribution in [2.24, 2.45) is 5.41 Å². The van der Waals surface area contributed by atoms with Crippen molar-refractivity contribution in [3.8, 4) is 17.2 Å². The zero-order valence-electron chi connectivity index (χ0n) is 18.3. The van der Waals surface area contributed by atoms with Crippen LogP contribution < -0.4 is 25.1 Å². The highest BCUT2D eigenvalue weighted by molar-refractivity contribution is 5.96. The summed E-state index contributed by atoms with van der Waals surface area (Å²) in [6, 6.07) is 2.98. The van der Waals surface area contributed by atoms with E-state index in [1.54, 1.807) is 0 Å². The summed E-state index contributed by atoms with van der Waals surface area (Å²) in [6.45, 7) is 5.29. The standard InChI is InChI=1S/C21H31N3O6/c1-21(2,13-18(26)24-8-6-7-9-24)12-17(25)22-23-20(27)14-10-15(28-3)19(30-5)16(11-14)29-4/h10-11H,6-9,12-13H2,1-5H3,(H,22,25)(H,23,27). The number of carbonyl (C=O) groups is 3. The Hall–Kier alpha value is -2.97. The van der Waals surface area contributed by atoms with Gasteiger partial charge in [0.1, 0.15) is 0 Å². The minimum Gasteiger partial charge on any atom is -0.493 e. The average molecular weight is 421 g/mol. The van der Waals surface area contributed by atoms with Gasteiger partial charge in [0.25, 0.3) is 5.91 Å². The number of likely N-dealkylation sites (tertiary alicyclic amines) is 1. The summed E-state index contributed by atoms with van der Waals surface area (Å²) in [5.41, 5.74) is 4.49. The van der Waals surface area contributed by atoms with Gasteiger partial charge in [0, 0.05) is 31.5 Å². The predicted octanol–water partition coefficient (Wildman–Crippen LogP) is 1.90. The molecule has 9 nitrogen and oxygen atoms in total. The van der Waals surface area contributed by atoms with Crippen molar-refractivity contribution in [1.29, 1.82) is 0 Å². The fraction of sp³-hybridized carbons (Fsp3) is 0.571. The molecule has 0 unspecified atom stereocenters. The van der Waals surface area contributed by atoms with E-state index < -0.39 is 11.3 Å². The molecule has 0 aromatic heterocycles. The van der Waals surface area contributed by atoms with Gasteiger partial charge in [-0.05, 0) is 30.4 Å². The van der Waals surface area contributed by atoms with E-state index in [2.05, 4.69) is 10.9 Å². The van der Waals surface area contributed by atoms with Crippen LogP contribution in [0.25, 0.3) is 0 Å². The first-order chi connectivity index (χ1) is 14.2. The van der Waals surface area contributed by atoms with Crippen molar-refractivity contribution in [3.05, 3.63) is 17.7 Å². The van der Waals surface area contributed by atoms with Gasteiger partial charge in [-0.25, -0.2) is 0 Å². The van der Waals surface area contributed by atoms with E-state index in [4.69, 9.17) is 14.2 Å². The number of carbonyl (C=O) groups excluding carboxylic acids is 3. The Morgan fingerprint density at radius 1 is 0.933 bits per heavy atom. The quantitative estimate of drug-likeness (QED) is 0.621. The van der Waals surface area contributed by atoms with Crippen molar-refractivity contribution < 1.29 is 28.6 Å². The maximum Gasteiger partial charge on any atom is 0.269 e. The normalized spacial score (nSPS) is 13.6. The predicted molar refractivity (Wildman–Crippen MR) is 111 cm³/mol. The topological polar surface area (TPSA) is 106 Å². The van der Waals surface area contributed by atoms with Crippen molar-refractivity contribution >= 4 is 17.7 Å². The zero-order chi connectivity index (χ0) is 22.3. The maximum absolute atomic E-state index is 12.5. The number of amides is 3. The molecule has 30 heavy (non-hydrogen) atoms. The second kappa shape index (κ2) is 10.2. The number of hydrazine groups is 1. The van der Waals surface area contributed by atoms with Gasteiger partial charge in [0.2, 0.25) is 17.6 Å². The molecule has 1 saturated heterocycles. The van der Waals surface area contributed by atoms with E-state index in [0.717, 1.165) is 25.9 Å². The highest BCUT2D eigenvalue weighted by atomic mass is 16.5. The molecule has 0 bridgehead atoms. The Bertz CT molecular complexity index is 762. The monoisotopic (exact) mass is 421 g/mol. The van der Waals surface area contributed by atoms with E-state index in [1.807, 2.05) is 18.7 Å². The molecule has 1 fully saturated rings. The van der Waals surface area contributed by atoms with E-state index in [1.165, 1.54) is 33.5 Å². The third-order valence-corrected chi connectivity index (χ3v) is 4.97. The molecule has 0 atom stereocenters. The first kappa shape index (κ1) is 23.3. The van der Waals surface area contributed by atoms with Crippen molar-refractivity contribution in [3.63, 3.8) is 0 Å². The van der Waals surface area contributed by atoms with Crippen LogP contribution in [0.1, 0.15) is 49.9 Å². The second-order valence-corrected chi connectivity index (χ2v) is 8.02. The van der Waals surface area contributed by atoms with Crippen LogP contribution in [0.15, 0.2) is 12.1 Å².